The van der Waals surface area contributed by atoms with Gasteiger partial charge >= 0.3 is 0 Å². The van der Waals surface area contributed by atoms with Crippen molar-refractivity contribution in [2.75, 3.05) is 11.4 Å². The number of hydrogen-bond donors (Lipinski definition) is 0. The molecule has 6 rings (SSSR count). The standard InChI is InChI=1S/C23H28N2O3/c1-2-24(23-12-15-9-16(13-23)11-17(10-15)14-23)22(28)18-3-5-19(6-4-18)25-20(26)7-8-21(25)27/h3-6,15-17H,2,7-14H2,1H3. The van der Waals surface area contributed by atoms with Gasteiger partial charge in [-0.1, -0.05) is 0 Å². The zero-order valence-electron chi connectivity index (χ0n) is 16.5. The highest BCUT2D eigenvalue weighted by Gasteiger charge is 2.54. The second-order valence-corrected chi connectivity index (χ2v) is 9.36. The molecule has 0 radical (unpaired) electrons. The molecule has 0 aromatic heterocycles. The molecule has 148 valence electrons. The average molecular weight is 380 g/mol. The largest absolute Gasteiger partial charge is 0.333 e. The van der Waals surface area contributed by atoms with Gasteiger partial charge in [-0.25, -0.2) is 0 Å². The molecule has 1 aromatic carbocycles. The first-order valence-corrected chi connectivity index (χ1v) is 10.8. The van der Waals surface area contributed by atoms with Gasteiger partial charge in [-0.15, -0.1) is 0 Å². The van der Waals surface area contributed by atoms with Crippen LogP contribution in [0.2, 0.25) is 0 Å². The third-order valence-electron chi connectivity index (χ3n) is 7.56. The van der Waals surface area contributed by atoms with Gasteiger partial charge in [0.05, 0.1) is 5.69 Å². The summed E-state index contributed by atoms with van der Waals surface area (Å²) in [7, 11) is 0. The topological polar surface area (TPSA) is 57.7 Å². The van der Waals surface area contributed by atoms with Gasteiger partial charge in [0.25, 0.3) is 5.91 Å². The smallest absolute Gasteiger partial charge is 0.254 e. The third-order valence-corrected chi connectivity index (χ3v) is 7.56. The van der Waals surface area contributed by atoms with E-state index in [-0.39, 0.29) is 36.1 Å². The predicted molar refractivity (Wildman–Crippen MR) is 106 cm³/mol. The maximum absolute atomic E-state index is 13.4. The SMILES string of the molecule is CCN(C(=O)c1ccc(N2C(=O)CCC2=O)cc1)C12CC3CC(CC(C3)C1)C2. The van der Waals surface area contributed by atoms with Gasteiger partial charge in [0, 0.05) is 30.5 Å². The van der Waals surface area contributed by atoms with Crippen LogP contribution in [-0.2, 0) is 9.59 Å². The van der Waals surface area contributed by atoms with Crippen LogP contribution >= 0.6 is 0 Å². The van der Waals surface area contributed by atoms with Crippen molar-refractivity contribution in [3.05, 3.63) is 29.8 Å². The molecule has 4 bridgehead atoms. The van der Waals surface area contributed by atoms with Crippen molar-refractivity contribution in [3.63, 3.8) is 0 Å². The molecule has 1 heterocycles. The van der Waals surface area contributed by atoms with Gasteiger partial charge in [0.2, 0.25) is 11.8 Å². The molecule has 0 unspecified atom stereocenters. The summed E-state index contributed by atoms with van der Waals surface area (Å²) < 4.78 is 0. The minimum atomic E-state index is -0.159. The Labute approximate surface area is 166 Å². The summed E-state index contributed by atoms with van der Waals surface area (Å²) in [6, 6.07) is 7.03. The highest BCUT2D eigenvalue weighted by atomic mass is 16.2. The molecule has 1 aromatic rings. The Morgan fingerprint density at radius 1 is 0.964 bits per heavy atom. The minimum Gasteiger partial charge on any atom is -0.333 e. The third kappa shape index (κ3) is 2.70. The number of amides is 3. The predicted octanol–water partition coefficient (Wildman–Crippen LogP) is 3.77. The van der Waals surface area contributed by atoms with Gasteiger partial charge < -0.3 is 4.90 Å². The number of imide groups is 1. The van der Waals surface area contributed by atoms with Gasteiger partial charge in [0.15, 0.2) is 0 Å². The van der Waals surface area contributed by atoms with Gasteiger partial charge in [-0.3, -0.25) is 19.3 Å². The van der Waals surface area contributed by atoms with Crippen LogP contribution in [-0.4, -0.2) is 34.7 Å². The molecule has 5 fully saturated rings. The summed E-state index contributed by atoms with van der Waals surface area (Å²) in [5.41, 5.74) is 1.27. The zero-order chi connectivity index (χ0) is 19.5. The van der Waals surface area contributed by atoms with Crippen molar-refractivity contribution in [2.45, 2.75) is 63.8 Å². The second-order valence-electron chi connectivity index (χ2n) is 9.36. The molecule has 4 aliphatic carbocycles. The molecular weight excluding hydrogens is 352 g/mol. The molecule has 1 aliphatic heterocycles. The molecule has 5 aliphatic rings. The maximum atomic E-state index is 13.4. The van der Waals surface area contributed by atoms with Crippen molar-refractivity contribution in [1.82, 2.24) is 4.90 Å². The molecule has 4 saturated carbocycles. The molecule has 0 spiro atoms. The molecule has 5 heteroatoms. The number of anilines is 1. The quantitative estimate of drug-likeness (QED) is 0.747. The van der Waals surface area contributed by atoms with Crippen LogP contribution in [0.15, 0.2) is 24.3 Å². The summed E-state index contributed by atoms with van der Waals surface area (Å²) in [6.07, 6.45) is 8.10. The van der Waals surface area contributed by atoms with Crippen molar-refractivity contribution >= 4 is 23.4 Å². The Morgan fingerprint density at radius 3 is 1.93 bits per heavy atom. The Hall–Kier alpha value is -2.17. The number of carbonyl (C=O) groups is 3. The first kappa shape index (κ1) is 17.9. The van der Waals surface area contributed by atoms with E-state index in [2.05, 4.69) is 11.8 Å². The lowest BCUT2D eigenvalue weighted by molar-refractivity contribution is -0.121. The number of rotatable bonds is 4. The van der Waals surface area contributed by atoms with E-state index in [1.807, 2.05) is 0 Å². The lowest BCUT2D eigenvalue weighted by atomic mass is 9.52. The summed E-state index contributed by atoms with van der Waals surface area (Å²) in [5.74, 6) is 2.16. The van der Waals surface area contributed by atoms with E-state index in [1.165, 1.54) is 24.2 Å². The van der Waals surface area contributed by atoms with Crippen molar-refractivity contribution < 1.29 is 14.4 Å². The normalized spacial score (nSPS) is 33.6. The Kier molecular flexibility index (Phi) is 4.11. The van der Waals surface area contributed by atoms with Gasteiger partial charge in [0.1, 0.15) is 0 Å². The van der Waals surface area contributed by atoms with E-state index in [0.717, 1.165) is 43.6 Å². The Morgan fingerprint density at radius 2 is 1.46 bits per heavy atom. The lowest BCUT2D eigenvalue weighted by Crippen LogP contribution is -2.61. The molecule has 0 N–H and O–H groups in total. The van der Waals surface area contributed by atoms with Crippen molar-refractivity contribution in [3.8, 4) is 0 Å². The van der Waals surface area contributed by atoms with Crippen LogP contribution in [0, 0.1) is 17.8 Å². The first-order valence-electron chi connectivity index (χ1n) is 10.8. The monoisotopic (exact) mass is 380 g/mol. The molecule has 1 saturated heterocycles. The molecule has 28 heavy (non-hydrogen) atoms. The number of hydrogen-bond acceptors (Lipinski definition) is 3. The lowest BCUT2D eigenvalue weighted by Gasteiger charge is -2.60. The van der Waals surface area contributed by atoms with E-state index in [0.29, 0.717) is 11.3 Å². The zero-order valence-corrected chi connectivity index (χ0v) is 16.5. The average Bonchev–Trinajstić information content (AvgIpc) is 2.99. The van der Waals surface area contributed by atoms with Crippen LogP contribution in [0.3, 0.4) is 0 Å². The minimum absolute atomic E-state index is 0.0418. The van der Waals surface area contributed by atoms with E-state index >= 15 is 0 Å². The van der Waals surface area contributed by atoms with E-state index < -0.39 is 0 Å². The summed E-state index contributed by atoms with van der Waals surface area (Å²) in [4.78, 5) is 40.7. The fourth-order valence-electron chi connectivity index (χ4n) is 6.86. The molecule has 5 nitrogen and oxygen atoms in total. The van der Waals surface area contributed by atoms with E-state index in [1.54, 1.807) is 24.3 Å². The number of carbonyl (C=O) groups excluding carboxylic acids is 3. The summed E-state index contributed by atoms with van der Waals surface area (Å²) in [6.45, 7) is 2.82. The summed E-state index contributed by atoms with van der Waals surface area (Å²) >= 11 is 0. The maximum Gasteiger partial charge on any atom is 0.254 e. The van der Waals surface area contributed by atoms with Crippen LogP contribution in [0.1, 0.15) is 68.6 Å². The van der Waals surface area contributed by atoms with Crippen molar-refractivity contribution in [1.29, 1.82) is 0 Å². The van der Waals surface area contributed by atoms with Crippen LogP contribution in [0.25, 0.3) is 0 Å². The van der Waals surface area contributed by atoms with Crippen LogP contribution < -0.4 is 4.90 Å². The fourth-order valence-corrected chi connectivity index (χ4v) is 6.86. The fraction of sp³-hybridized carbons (Fsp3) is 0.609. The van der Waals surface area contributed by atoms with Crippen LogP contribution in [0.4, 0.5) is 5.69 Å². The van der Waals surface area contributed by atoms with Gasteiger partial charge in [-0.2, -0.15) is 0 Å². The Balaban J connectivity index is 1.39. The molecule has 0 atom stereocenters. The highest BCUT2D eigenvalue weighted by Crippen LogP contribution is 2.58. The van der Waals surface area contributed by atoms with Crippen molar-refractivity contribution in [2.24, 2.45) is 17.8 Å². The molecule has 3 amide bonds. The number of nitrogens with zero attached hydrogens (tertiary/aromatic N) is 2. The molecular formula is C23H28N2O3. The van der Waals surface area contributed by atoms with E-state index in [9.17, 15) is 14.4 Å². The number of benzene rings is 1. The van der Waals surface area contributed by atoms with Crippen LogP contribution in [0.5, 0.6) is 0 Å². The first-order chi connectivity index (χ1) is 13.5. The highest BCUT2D eigenvalue weighted by molar-refractivity contribution is 6.19. The Bertz CT molecular complexity index is 777. The second kappa shape index (κ2) is 6.43. The van der Waals surface area contributed by atoms with Gasteiger partial charge in [-0.05, 0) is 87.5 Å². The van der Waals surface area contributed by atoms with E-state index in [4.69, 9.17) is 0 Å². The summed E-state index contributed by atoms with van der Waals surface area (Å²) in [5, 5.41) is 0.